The van der Waals surface area contributed by atoms with Crippen molar-refractivity contribution in [3.05, 3.63) is 0 Å². The normalized spacial score (nSPS) is 39.3. The van der Waals surface area contributed by atoms with E-state index in [-0.39, 0.29) is 5.41 Å². The quantitative estimate of drug-likeness (QED) is 0.714. The molecule has 1 aliphatic heterocycles. The minimum Gasteiger partial charge on any atom is -0.313 e. The largest absolute Gasteiger partial charge is 0.313 e. The zero-order chi connectivity index (χ0) is 10.3. The molecule has 1 saturated heterocycles. The van der Waals surface area contributed by atoms with E-state index in [2.05, 4.69) is 5.32 Å². The van der Waals surface area contributed by atoms with Gasteiger partial charge in [-0.3, -0.25) is 4.79 Å². The molecule has 0 aromatic carbocycles. The number of ketones is 1. The monoisotopic (exact) mass is 207 g/mol. The summed E-state index contributed by atoms with van der Waals surface area (Å²) in [7, 11) is 0. The molecule has 15 heavy (non-hydrogen) atoms. The lowest BCUT2D eigenvalue weighted by Gasteiger charge is -2.23. The molecule has 1 N–H and O–H groups in total. The molecular formula is C13H21NO. The fourth-order valence-corrected chi connectivity index (χ4v) is 4.07. The van der Waals surface area contributed by atoms with E-state index in [1.54, 1.807) is 0 Å². The second-order valence-corrected chi connectivity index (χ2v) is 5.70. The predicted octanol–water partition coefficient (Wildman–Crippen LogP) is 2.28. The molecule has 1 heterocycles. The molecule has 0 radical (unpaired) electrons. The molecule has 0 bridgehead atoms. The molecule has 2 aliphatic carbocycles. The highest BCUT2D eigenvalue weighted by molar-refractivity contribution is 5.90. The lowest BCUT2D eigenvalue weighted by Crippen LogP contribution is -2.36. The lowest BCUT2D eigenvalue weighted by atomic mass is 9.81. The van der Waals surface area contributed by atoms with Gasteiger partial charge in [0, 0.05) is 17.4 Å². The number of hydrogen-bond acceptors (Lipinski definition) is 2. The van der Waals surface area contributed by atoms with Crippen LogP contribution in [-0.2, 0) is 4.79 Å². The summed E-state index contributed by atoms with van der Waals surface area (Å²) in [5.74, 6) is 0.991. The predicted molar refractivity (Wildman–Crippen MR) is 59.7 cm³/mol. The van der Waals surface area contributed by atoms with Crippen LogP contribution in [0.3, 0.4) is 0 Å². The number of carbonyl (C=O) groups is 1. The van der Waals surface area contributed by atoms with Crippen molar-refractivity contribution in [3.63, 3.8) is 0 Å². The van der Waals surface area contributed by atoms with Gasteiger partial charge in [-0.1, -0.05) is 12.8 Å². The van der Waals surface area contributed by atoms with E-state index in [0.29, 0.717) is 17.7 Å². The van der Waals surface area contributed by atoms with Crippen LogP contribution in [0.25, 0.3) is 0 Å². The van der Waals surface area contributed by atoms with Crippen LogP contribution < -0.4 is 5.32 Å². The van der Waals surface area contributed by atoms with Crippen LogP contribution in [0.5, 0.6) is 0 Å². The topological polar surface area (TPSA) is 29.1 Å². The third kappa shape index (κ3) is 1.45. The summed E-state index contributed by atoms with van der Waals surface area (Å²) in [6.45, 7) is 1.13. The first-order valence-corrected chi connectivity index (χ1v) is 6.60. The highest BCUT2D eigenvalue weighted by Gasteiger charge is 2.50. The van der Waals surface area contributed by atoms with Crippen LogP contribution in [0.1, 0.15) is 51.4 Å². The van der Waals surface area contributed by atoms with Crippen LogP contribution in [0.4, 0.5) is 0 Å². The number of carbonyl (C=O) groups excluding carboxylic acids is 1. The SMILES string of the molecule is O=C1C(C2CCCN2)CCC12CCCC2. The van der Waals surface area contributed by atoms with Gasteiger partial charge in [0.15, 0.2) is 0 Å². The van der Waals surface area contributed by atoms with Gasteiger partial charge in [-0.2, -0.15) is 0 Å². The third-order valence-electron chi connectivity index (χ3n) is 4.94. The molecule has 2 atom stereocenters. The number of Topliss-reactive ketones (excluding diaryl/α,β-unsaturated/α-hetero) is 1. The molecule has 2 unspecified atom stereocenters. The Kier molecular flexibility index (Phi) is 2.35. The highest BCUT2D eigenvalue weighted by Crippen LogP contribution is 2.51. The maximum Gasteiger partial charge on any atom is 0.143 e. The summed E-state index contributed by atoms with van der Waals surface area (Å²) in [6, 6.07) is 0.525. The zero-order valence-corrected chi connectivity index (χ0v) is 9.43. The van der Waals surface area contributed by atoms with Gasteiger partial charge in [0.05, 0.1) is 0 Å². The summed E-state index contributed by atoms with van der Waals surface area (Å²) >= 11 is 0. The van der Waals surface area contributed by atoms with Crippen LogP contribution in [0, 0.1) is 11.3 Å². The number of nitrogens with one attached hydrogen (secondary N) is 1. The average Bonchev–Trinajstić information content (AvgIpc) is 2.93. The second-order valence-electron chi connectivity index (χ2n) is 5.70. The Morgan fingerprint density at radius 2 is 1.87 bits per heavy atom. The maximum atomic E-state index is 12.5. The molecule has 3 fully saturated rings. The van der Waals surface area contributed by atoms with E-state index >= 15 is 0 Å². The third-order valence-corrected chi connectivity index (χ3v) is 4.94. The molecule has 84 valence electrons. The smallest absolute Gasteiger partial charge is 0.143 e. The zero-order valence-electron chi connectivity index (χ0n) is 9.43. The van der Waals surface area contributed by atoms with Crippen LogP contribution in [0.2, 0.25) is 0 Å². The molecule has 3 aliphatic rings. The van der Waals surface area contributed by atoms with E-state index in [4.69, 9.17) is 0 Å². The van der Waals surface area contributed by atoms with Gasteiger partial charge in [-0.25, -0.2) is 0 Å². The molecule has 0 aromatic heterocycles. The molecule has 3 rings (SSSR count). The van der Waals surface area contributed by atoms with Crippen molar-refractivity contribution in [1.82, 2.24) is 5.32 Å². The Hall–Kier alpha value is -0.370. The highest BCUT2D eigenvalue weighted by atomic mass is 16.1. The molecule has 0 aromatic rings. The van der Waals surface area contributed by atoms with Gasteiger partial charge < -0.3 is 5.32 Å². The van der Waals surface area contributed by atoms with Gasteiger partial charge >= 0.3 is 0 Å². The summed E-state index contributed by atoms with van der Waals surface area (Å²) in [4.78, 5) is 12.5. The minimum atomic E-state index is 0.148. The van der Waals surface area contributed by atoms with Crippen molar-refractivity contribution in [2.75, 3.05) is 6.54 Å². The van der Waals surface area contributed by atoms with Crippen molar-refractivity contribution >= 4 is 5.78 Å². The molecule has 2 saturated carbocycles. The van der Waals surface area contributed by atoms with Crippen LogP contribution in [-0.4, -0.2) is 18.4 Å². The standard InChI is InChI=1S/C13H21NO/c15-12-10(11-4-3-9-14-11)5-8-13(12)6-1-2-7-13/h10-11,14H,1-9H2. The van der Waals surface area contributed by atoms with Crippen LogP contribution >= 0.6 is 0 Å². The molecule has 2 heteroatoms. The molecule has 2 nitrogen and oxygen atoms in total. The maximum absolute atomic E-state index is 12.5. The molecular weight excluding hydrogens is 186 g/mol. The van der Waals surface area contributed by atoms with Gasteiger partial charge in [0.1, 0.15) is 5.78 Å². The van der Waals surface area contributed by atoms with Gasteiger partial charge in [-0.05, 0) is 45.1 Å². The minimum absolute atomic E-state index is 0.148. The van der Waals surface area contributed by atoms with Gasteiger partial charge in [0.25, 0.3) is 0 Å². The summed E-state index contributed by atoms with van der Waals surface area (Å²) in [5.41, 5.74) is 0.148. The van der Waals surface area contributed by atoms with Crippen molar-refractivity contribution in [2.24, 2.45) is 11.3 Å². The Bertz CT molecular complexity index is 262. The van der Waals surface area contributed by atoms with Crippen molar-refractivity contribution in [3.8, 4) is 0 Å². The van der Waals surface area contributed by atoms with Crippen molar-refractivity contribution in [2.45, 2.75) is 57.4 Å². The Labute approximate surface area is 91.8 Å². The average molecular weight is 207 g/mol. The summed E-state index contributed by atoms with van der Waals surface area (Å²) in [6.07, 6.45) is 9.80. The van der Waals surface area contributed by atoms with Gasteiger partial charge in [0.2, 0.25) is 0 Å². The van der Waals surface area contributed by atoms with E-state index in [1.807, 2.05) is 0 Å². The van der Waals surface area contributed by atoms with Crippen molar-refractivity contribution < 1.29 is 4.79 Å². The van der Waals surface area contributed by atoms with E-state index in [0.717, 1.165) is 13.0 Å². The first kappa shape index (κ1) is 9.83. The fraction of sp³-hybridized carbons (Fsp3) is 0.923. The second kappa shape index (κ2) is 3.58. The fourth-order valence-electron chi connectivity index (χ4n) is 4.07. The Morgan fingerprint density at radius 1 is 1.07 bits per heavy atom. The first-order valence-electron chi connectivity index (χ1n) is 6.60. The van der Waals surface area contributed by atoms with E-state index in [9.17, 15) is 4.79 Å². The Morgan fingerprint density at radius 3 is 2.53 bits per heavy atom. The Balaban J connectivity index is 1.75. The number of hydrogen-bond donors (Lipinski definition) is 1. The summed E-state index contributed by atoms with van der Waals surface area (Å²) in [5, 5.41) is 3.51. The van der Waals surface area contributed by atoms with E-state index < -0.39 is 0 Å². The molecule has 1 spiro atoms. The van der Waals surface area contributed by atoms with Gasteiger partial charge in [-0.15, -0.1) is 0 Å². The summed E-state index contributed by atoms with van der Waals surface area (Å²) < 4.78 is 0. The first-order chi connectivity index (χ1) is 7.32. The van der Waals surface area contributed by atoms with E-state index in [1.165, 1.54) is 44.9 Å². The number of rotatable bonds is 1. The molecule has 0 amide bonds. The van der Waals surface area contributed by atoms with Crippen LogP contribution in [0.15, 0.2) is 0 Å². The van der Waals surface area contributed by atoms with Crippen molar-refractivity contribution in [1.29, 1.82) is 0 Å². The lowest BCUT2D eigenvalue weighted by molar-refractivity contribution is -0.129.